The van der Waals surface area contributed by atoms with Crippen LogP contribution in [0.5, 0.6) is 0 Å². The normalized spacial score (nSPS) is 11.4. The number of benzene rings is 2. The van der Waals surface area contributed by atoms with Crippen LogP contribution < -0.4 is 10.6 Å². The van der Waals surface area contributed by atoms with Crippen molar-refractivity contribution in [1.82, 2.24) is 5.32 Å². The van der Waals surface area contributed by atoms with Gasteiger partial charge in [0, 0.05) is 5.69 Å². The standard InChI is InChI=1S/C20H22N2O4/c1-2-7-17(22-18(23)12-14-8-4-3-5-9-14)19(24)21-16-11-6-10-15(13-16)20(25)26/h3-6,8-11,13,17H,2,7,12H2,1H3,(H,21,24)(H,22,23)(H,25,26). The van der Waals surface area contributed by atoms with Gasteiger partial charge in [0.15, 0.2) is 0 Å². The molecule has 136 valence electrons. The summed E-state index contributed by atoms with van der Waals surface area (Å²) in [7, 11) is 0. The topological polar surface area (TPSA) is 95.5 Å². The second-order valence-corrected chi connectivity index (χ2v) is 5.95. The predicted octanol–water partition coefficient (Wildman–Crippen LogP) is 2.85. The molecule has 2 rings (SSSR count). The third-order valence-electron chi connectivity index (χ3n) is 3.81. The molecule has 0 aromatic heterocycles. The van der Waals surface area contributed by atoms with Gasteiger partial charge in [-0.05, 0) is 30.2 Å². The summed E-state index contributed by atoms with van der Waals surface area (Å²) in [6, 6.07) is 14.6. The van der Waals surface area contributed by atoms with Gasteiger partial charge in [0.05, 0.1) is 12.0 Å². The Balaban J connectivity index is 2.01. The van der Waals surface area contributed by atoms with Crippen LogP contribution in [0.1, 0.15) is 35.7 Å². The first kappa shape index (κ1) is 19.2. The first-order valence-corrected chi connectivity index (χ1v) is 8.47. The van der Waals surface area contributed by atoms with Crippen molar-refractivity contribution in [3.05, 3.63) is 65.7 Å². The average molecular weight is 354 g/mol. The highest BCUT2D eigenvalue weighted by atomic mass is 16.4. The van der Waals surface area contributed by atoms with Crippen molar-refractivity contribution in [3.63, 3.8) is 0 Å². The minimum Gasteiger partial charge on any atom is -0.478 e. The third-order valence-corrected chi connectivity index (χ3v) is 3.81. The summed E-state index contributed by atoms with van der Waals surface area (Å²) < 4.78 is 0. The summed E-state index contributed by atoms with van der Waals surface area (Å²) in [4.78, 5) is 35.8. The van der Waals surface area contributed by atoms with Crippen LogP contribution >= 0.6 is 0 Å². The number of anilines is 1. The molecule has 0 saturated heterocycles. The van der Waals surface area contributed by atoms with E-state index >= 15 is 0 Å². The lowest BCUT2D eigenvalue weighted by Crippen LogP contribution is -2.44. The zero-order chi connectivity index (χ0) is 18.9. The average Bonchev–Trinajstić information content (AvgIpc) is 2.62. The summed E-state index contributed by atoms with van der Waals surface area (Å²) in [6.45, 7) is 1.93. The summed E-state index contributed by atoms with van der Waals surface area (Å²) in [6.07, 6.45) is 1.41. The smallest absolute Gasteiger partial charge is 0.335 e. The molecule has 6 heteroatoms. The lowest BCUT2D eigenvalue weighted by Gasteiger charge is -2.18. The highest BCUT2D eigenvalue weighted by Crippen LogP contribution is 2.12. The highest BCUT2D eigenvalue weighted by molar-refractivity contribution is 5.98. The van der Waals surface area contributed by atoms with E-state index in [0.717, 1.165) is 12.0 Å². The van der Waals surface area contributed by atoms with Crippen molar-refractivity contribution in [1.29, 1.82) is 0 Å². The van der Waals surface area contributed by atoms with Crippen LogP contribution in [0.15, 0.2) is 54.6 Å². The first-order valence-electron chi connectivity index (χ1n) is 8.47. The van der Waals surface area contributed by atoms with E-state index in [1.807, 2.05) is 37.3 Å². The Kier molecular flexibility index (Phi) is 6.91. The Morgan fingerprint density at radius 1 is 1.04 bits per heavy atom. The maximum atomic E-state index is 12.5. The van der Waals surface area contributed by atoms with Gasteiger partial charge < -0.3 is 15.7 Å². The predicted molar refractivity (Wildman–Crippen MR) is 99.0 cm³/mol. The van der Waals surface area contributed by atoms with Crippen molar-refractivity contribution in [2.24, 2.45) is 0 Å². The first-order chi connectivity index (χ1) is 12.5. The van der Waals surface area contributed by atoms with Crippen LogP contribution in [0.25, 0.3) is 0 Å². The summed E-state index contributed by atoms with van der Waals surface area (Å²) in [5, 5.41) is 14.5. The van der Waals surface area contributed by atoms with E-state index in [4.69, 9.17) is 5.11 Å². The summed E-state index contributed by atoms with van der Waals surface area (Å²) in [5.41, 5.74) is 1.34. The molecule has 1 atom stereocenters. The van der Waals surface area contributed by atoms with Crippen LogP contribution in [-0.4, -0.2) is 28.9 Å². The molecule has 2 aromatic carbocycles. The quantitative estimate of drug-likeness (QED) is 0.679. The van der Waals surface area contributed by atoms with Crippen LogP contribution in [0.4, 0.5) is 5.69 Å². The summed E-state index contributed by atoms with van der Waals surface area (Å²) in [5.74, 6) is -1.66. The van der Waals surface area contributed by atoms with Gasteiger partial charge in [0.2, 0.25) is 11.8 Å². The van der Waals surface area contributed by atoms with E-state index in [0.29, 0.717) is 12.1 Å². The Labute approximate surface area is 152 Å². The van der Waals surface area contributed by atoms with Gasteiger partial charge in [-0.3, -0.25) is 9.59 Å². The van der Waals surface area contributed by atoms with Gasteiger partial charge in [-0.15, -0.1) is 0 Å². The monoisotopic (exact) mass is 354 g/mol. The zero-order valence-corrected chi connectivity index (χ0v) is 14.6. The number of rotatable bonds is 8. The Hall–Kier alpha value is -3.15. The van der Waals surface area contributed by atoms with Gasteiger partial charge in [0.1, 0.15) is 6.04 Å². The van der Waals surface area contributed by atoms with Gasteiger partial charge in [-0.2, -0.15) is 0 Å². The minimum atomic E-state index is -1.07. The van der Waals surface area contributed by atoms with Gasteiger partial charge in [-0.1, -0.05) is 49.7 Å². The Morgan fingerprint density at radius 3 is 2.42 bits per heavy atom. The van der Waals surface area contributed by atoms with Gasteiger partial charge >= 0.3 is 5.97 Å². The highest BCUT2D eigenvalue weighted by Gasteiger charge is 2.20. The molecule has 0 bridgehead atoms. The van der Waals surface area contributed by atoms with Crippen LogP contribution in [0.3, 0.4) is 0 Å². The van der Waals surface area contributed by atoms with Crippen molar-refractivity contribution < 1.29 is 19.5 Å². The van der Waals surface area contributed by atoms with E-state index in [1.165, 1.54) is 12.1 Å². The molecular formula is C20H22N2O4. The van der Waals surface area contributed by atoms with E-state index < -0.39 is 12.0 Å². The fourth-order valence-corrected chi connectivity index (χ4v) is 2.54. The van der Waals surface area contributed by atoms with Crippen molar-refractivity contribution >= 4 is 23.5 Å². The van der Waals surface area contributed by atoms with Crippen molar-refractivity contribution in [2.45, 2.75) is 32.2 Å². The Bertz CT molecular complexity index is 774. The van der Waals surface area contributed by atoms with E-state index in [2.05, 4.69) is 10.6 Å². The molecular weight excluding hydrogens is 332 g/mol. The number of hydrogen-bond acceptors (Lipinski definition) is 3. The van der Waals surface area contributed by atoms with E-state index in [-0.39, 0.29) is 23.8 Å². The molecule has 1 unspecified atom stereocenters. The molecule has 6 nitrogen and oxygen atoms in total. The zero-order valence-electron chi connectivity index (χ0n) is 14.6. The molecule has 2 amide bonds. The SMILES string of the molecule is CCCC(NC(=O)Cc1ccccc1)C(=O)Nc1cccc(C(=O)O)c1. The fraction of sp³-hybridized carbons (Fsp3) is 0.250. The molecule has 0 aliphatic carbocycles. The van der Waals surface area contributed by atoms with Gasteiger partial charge in [-0.25, -0.2) is 4.79 Å². The van der Waals surface area contributed by atoms with E-state index in [9.17, 15) is 14.4 Å². The molecule has 0 radical (unpaired) electrons. The van der Waals surface area contributed by atoms with Crippen LogP contribution in [-0.2, 0) is 16.0 Å². The number of amides is 2. The molecule has 0 heterocycles. The number of hydrogen-bond donors (Lipinski definition) is 3. The summed E-state index contributed by atoms with van der Waals surface area (Å²) >= 11 is 0. The molecule has 2 aromatic rings. The van der Waals surface area contributed by atoms with Crippen LogP contribution in [0.2, 0.25) is 0 Å². The largest absolute Gasteiger partial charge is 0.478 e. The second kappa shape index (κ2) is 9.36. The number of carbonyl (C=O) groups is 3. The van der Waals surface area contributed by atoms with Gasteiger partial charge in [0.25, 0.3) is 0 Å². The minimum absolute atomic E-state index is 0.0861. The van der Waals surface area contributed by atoms with Crippen LogP contribution in [0, 0.1) is 0 Å². The molecule has 0 fully saturated rings. The Morgan fingerprint density at radius 2 is 1.77 bits per heavy atom. The maximum absolute atomic E-state index is 12.5. The lowest BCUT2D eigenvalue weighted by molar-refractivity contribution is -0.126. The fourth-order valence-electron chi connectivity index (χ4n) is 2.54. The van der Waals surface area contributed by atoms with E-state index in [1.54, 1.807) is 12.1 Å². The number of nitrogens with one attached hydrogen (secondary N) is 2. The molecule has 3 N–H and O–H groups in total. The lowest BCUT2D eigenvalue weighted by atomic mass is 10.1. The molecule has 0 saturated carbocycles. The molecule has 0 spiro atoms. The third kappa shape index (κ3) is 5.73. The number of carbonyl (C=O) groups excluding carboxylic acids is 2. The molecule has 0 aliphatic rings. The van der Waals surface area contributed by atoms with Crippen molar-refractivity contribution in [3.8, 4) is 0 Å². The molecule has 26 heavy (non-hydrogen) atoms. The number of aromatic carboxylic acids is 1. The number of carboxylic acid groups (broad SMARTS) is 1. The molecule has 0 aliphatic heterocycles. The van der Waals surface area contributed by atoms with Crippen molar-refractivity contribution in [2.75, 3.05) is 5.32 Å². The maximum Gasteiger partial charge on any atom is 0.335 e. The second-order valence-electron chi connectivity index (χ2n) is 5.95. The number of carboxylic acids is 1.